The van der Waals surface area contributed by atoms with Crippen molar-refractivity contribution in [2.75, 3.05) is 0 Å². The third-order valence-corrected chi connectivity index (χ3v) is 3.02. The van der Waals surface area contributed by atoms with Crippen LogP contribution < -0.4 is 0 Å². The summed E-state index contributed by atoms with van der Waals surface area (Å²) in [4.78, 5) is 0. The summed E-state index contributed by atoms with van der Waals surface area (Å²) >= 11 is 0. The highest BCUT2D eigenvalue weighted by molar-refractivity contribution is 8.77. The molecule has 0 aromatic heterocycles. The van der Waals surface area contributed by atoms with Crippen LogP contribution in [0.1, 0.15) is 13.8 Å². The van der Waals surface area contributed by atoms with Crippen LogP contribution in [-0.2, 0) is 0 Å². The lowest BCUT2D eigenvalue weighted by Crippen LogP contribution is -1.98. The molecule has 0 heterocycles. The van der Waals surface area contributed by atoms with E-state index in [0.29, 0.717) is 0 Å². The molecule has 0 aromatic rings. The van der Waals surface area contributed by atoms with Crippen molar-refractivity contribution in [1.82, 2.24) is 0 Å². The molecule has 0 nitrogen and oxygen atoms in total. The Morgan fingerprint density at radius 1 is 1.22 bits per heavy atom. The van der Waals surface area contributed by atoms with E-state index < -0.39 is 5.51 Å². The lowest BCUT2D eigenvalue weighted by Gasteiger charge is -2.05. The molecule has 0 aliphatic heterocycles. The monoisotopic (exact) mass is 176 g/mol. The normalized spacial score (nSPS) is 12.7. The van der Waals surface area contributed by atoms with E-state index in [1.807, 2.05) is 0 Å². The van der Waals surface area contributed by atoms with Crippen LogP contribution in [0.15, 0.2) is 0 Å². The van der Waals surface area contributed by atoms with Gasteiger partial charge >= 0.3 is 5.51 Å². The molecule has 0 aliphatic carbocycles. The maximum absolute atomic E-state index is 11.4. The minimum absolute atomic E-state index is 0.0247. The second-order valence-electron chi connectivity index (χ2n) is 1.67. The Morgan fingerprint density at radius 2 is 1.67 bits per heavy atom. The fourth-order valence-corrected chi connectivity index (χ4v) is 1.36. The molecule has 0 atom stereocenters. The smallest absolute Gasteiger partial charge is 0.160 e. The molecule has 0 fully saturated rings. The third kappa shape index (κ3) is 8.49. The van der Waals surface area contributed by atoms with E-state index in [-0.39, 0.29) is 16.0 Å². The Morgan fingerprint density at radius 3 is 1.78 bits per heavy atom. The van der Waals surface area contributed by atoms with Crippen LogP contribution in [0.4, 0.5) is 13.2 Å². The fraction of sp³-hybridized carbons (Fsp3) is 1.00. The summed E-state index contributed by atoms with van der Waals surface area (Å²) in [6, 6.07) is 0. The minimum Gasteiger partial charge on any atom is -0.160 e. The van der Waals surface area contributed by atoms with Gasteiger partial charge in [-0.05, 0) is 0 Å². The van der Waals surface area contributed by atoms with Gasteiger partial charge in [-0.15, -0.1) is 0 Å². The first-order valence-electron chi connectivity index (χ1n) is 2.33. The molecular weight excluding hydrogens is 169 g/mol. The highest BCUT2D eigenvalue weighted by Gasteiger charge is 2.29. The van der Waals surface area contributed by atoms with Gasteiger partial charge in [0.15, 0.2) is 0 Å². The first-order valence-corrected chi connectivity index (χ1v) is 4.54. The van der Waals surface area contributed by atoms with E-state index in [0.717, 1.165) is 10.8 Å². The molecular formula is C4H7F3S2. The topological polar surface area (TPSA) is 0 Å². The van der Waals surface area contributed by atoms with Crippen LogP contribution in [0, 0.1) is 0 Å². The highest BCUT2D eigenvalue weighted by Crippen LogP contribution is 2.41. The number of hydrogen-bond donors (Lipinski definition) is 0. The van der Waals surface area contributed by atoms with Crippen molar-refractivity contribution in [2.24, 2.45) is 0 Å². The van der Waals surface area contributed by atoms with Crippen molar-refractivity contribution in [3.63, 3.8) is 0 Å². The average Bonchev–Trinajstić information content (AvgIpc) is 1.59. The average molecular weight is 176 g/mol. The zero-order valence-electron chi connectivity index (χ0n) is 5.03. The molecule has 0 saturated heterocycles. The number of rotatable bonds is 2. The molecule has 0 rings (SSSR count). The molecule has 9 heavy (non-hydrogen) atoms. The maximum atomic E-state index is 11.4. The van der Waals surface area contributed by atoms with Crippen molar-refractivity contribution >= 4 is 21.6 Å². The summed E-state index contributed by atoms with van der Waals surface area (Å²) in [6.07, 6.45) is 0. The van der Waals surface area contributed by atoms with Crippen molar-refractivity contribution in [2.45, 2.75) is 24.6 Å². The molecule has 0 aliphatic rings. The second-order valence-corrected chi connectivity index (χ2v) is 4.52. The van der Waals surface area contributed by atoms with Gasteiger partial charge in [-0.2, -0.15) is 13.2 Å². The van der Waals surface area contributed by atoms with Gasteiger partial charge in [0.05, 0.1) is 0 Å². The van der Waals surface area contributed by atoms with Gasteiger partial charge < -0.3 is 0 Å². The van der Waals surface area contributed by atoms with Crippen molar-refractivity contribution < 1.29 is 13.2 Å². The molecule has 5 heteroatoms. The lowest BCUT2D eigenvalue weighted by molar-refractivity contribution is -0.0311. The summed E-state index contributed by atoms with van der Waals surface area (Å²) in [5.74, 6) is 0. The molecule has 56 valence electrons. The minimum atomic E-state index is -4.09. The molecule has 0 unspecified atom stereocenters. The van der Waals surface area contributed by atoms with Gasteiger partial charge in [-0.25, -0.2) is 0 Å². The summed E-state index contributed by atoms with van der Waals surface area (Å²) in [6.45, 7) is 3.45. The van der Waals surface area contributed by atoms with Gasteiger partial charge in [0.1, 0.15) is 0 Å². The lowest BCUT2D eigenvalue weighted by atomic mass is 10.6. The highest BCUT2D eigenvalue weighted by atomic mass is 33.1. The zero-order valence-corrected chi connectivity index (χ0v) is 6.66. The fourth-order valence-electron chi connectivity index (χ4n) is 0.151. The van der Waals surface area contributed by atoms with E-state index in [9.17, 15) is 13.2 Å². The number of halogens is 3. The summed E-state index contributed by atoms with van der Waals surface area (Å²) in [5.41, 5.74) is -4.09. The standard InChI is InChI=1S/C4H7F3S2/c1-3(2)8-9-4(5,6)7/h3H,1-2H3. The summed E-state index contributed by atoms with van der Waals surface area (Å²) in [5, 5.41) is 0.0247. The van der Waals surface area contributed by atoms with E-state index in [4.69, 9.17) is 0 Å². The van der Waals surface area contributed by atoms with Crippen LogP contribution in [0.2, 0.25) is 0 Å². The predicted octanol–water partition coefficient (Wildman–Crippen LogP) is 3.30. The van der Waals surface area contributed by atoms with E-state index in [1.54, 1.807) is 13.8 Å². The first kappa shape index (κ1) is 9.49. The Labute approximate surface area is 60.0 Å². The quantitative estimate of drug-likeness (QED) is 0.592. The van der Waals surface area contributed by atoms with Crippen LogP contribution in [0.3, 0.4) is 0 Å². The van der Waals surface area contributed by atoms with Crippen LogP contribution in [0.5, 0.6) is 0 Å². The maximum Gasteiger partial charge on any atom is 0.452 e. The zero-order chi connectivity index (χ0) is 7.49. The molecule has 0 amide bonds. The van der Waals surface area contributed by atoms with E-state index in [2.05, 4.69) is 0 Å². The summed E-state index contributed by atoms with van der Waals surface area (Å²) in [7, 11) is 0.788. The first-order chi connectivity index (χ1) is 3.92. The van der Waals surface area contributed by atoms with E-state index in [1.165, 1.54) is 0 Å². The van der Waals surface area contributed by atoms with Crippen molar-refractivity contribution in [1.29, 1.82) is 0 Å². The molecule has 0 N–H and O–H groups in total. The number of hydrogen-bond acceptors (Lipinski definition) is 2. The molecule has 0 bridgehead atoms. The molecule has 0 spiro atoms. The van der Waals surface area contributed by atoms with Crippen LogP contribution in [-0.4, -0.2) is 10.8 Å². The van der Waals surface area contributed by atoms with Gasteiger partial charge in [0, 0.05) is 16.0 Å². The Hall–Kier alpha value is 0.490. The van der Waals surface area contributed by atoms with Gasteiger partial charge in [-0.3, -0.25) is 0 Å². The van der Waals surface area contributed by atoms with Crippen LogP contribution in [0.25, 0.3) is 0 Å². The van der Waals surface area contributed by atoms with Crippen LogP contribution >= 0.6 is 21.6 Å². The van der Waals surface area contributed by atoms with E-state index >= 15 is 0 Å². The Kier molecular flexibility index (Phi) is 3.80. The number of alkyl halides is 3. The third-order valence-electron chi connectivity index (χ3n) is 0.335. The molecule has 0 radical (unpaired) electrons. The van der Waals surface area contributed by atoms with Crippen molar-refractivity contribution in [3.05, 3.63) is 0 Å². The Bertz CT molecular complexity index is 78.4. The SMILES string of the molecule is CC(C)SSC(F)(F)F. The molecule has 0 aromatic carbocycles. The second kappa shape index (κ2) is 3.61. The summed E-state index contributed by atoms with van der Waals surface area (Å²) < 4.78 is 34.1. The van der Waals surface area contributed by atoms with Crippen molar-refractivity contribution in [3.8, 4) is 0 Å². The van der Waals surface area contributed by atoms with Gasteiger partial charge in [0.25, 0.3) is 0 Å². The predicted molar refractivity (Wildman–Crippen MR) is 36.4 cm³/mol. The Balaban J connectivity index is 3.28. The van der Waals surface area contributed by atoms with Gasteiger partial charge in [-0.1, -0.05) is 24.6 Å². The van der Waals surface area contributed by atoms with Gasteiger partial charge in [0.2, 0.25) is 0 Å². The largest absolute Gasteiger partial charge is 0.452 e. The molecule has 0 saturated carbocycles.